The molecule has 0 unspecified atom stereocenters. The maximum Gasteiger partial charge on any atom is 0.165 e. The number of benzene rings is 1. The molecule has 3 aromatic rings. The summed E-state index contributed by atoms with van der Waals surface area (Å²) in [7, 11) is 1.94. The zero-order valence-electron chi connectivity index (χ0n) is 11.5. The fourth-order valence-electron chi connectivity index (χ4n) is 2.10. The van der Waals surface area contributed by atoms with Crippen molar-refractivity contribution in [2.24, 2.45) is 7.05 Å². The summed E-state index contributed by atoms with van der Waals surface area (Å²) < 4.78 is 1.91. The first kappa shape index (κ1) is 12.4. The number of para-hydroxylation sites is 1. The number of anilines is 1. The van der Waals surface area contributed by atoms with Crippen LogP contribution in [0.2, 0.25) is 0 Å². The molecular formula is C14H16N6. The minimum absolute atomic E-state index is 0.719. The minimum atomic E-state index is 0.719. The molecule has 0 aliphatic rings. The van der Waals surface area contributed by atoms with Gasteiger partial charge in [0.15, 0.2) is 5.82 Å². The first-order chi connectivity index (χ1) is 9.75. The van der Waals surface area contributed by atoms with Gasteiger partial charge in [-0.15, -0.1) is 10.2 Å². The topological polar surface area (TPSA) is 71.4 Å². The molecular weight excluding hydrogens is 252 g/mol. The lowest BCUT2D eigenvalue weighted by molar-refractivity contribution is 0.919. The minimum Gasteiger partial charge on any atom is -0.380 e. The predicted octanol–water partition coefficient (Wildman–Crippen LogP) is 2.13. The van der Waals surface area contributed by atoms with Crippen LogP contribution in [0.1, 0.15) is 11.3 Å². The second kappa shape index (κ2) is 5.16. The molecule has 6 heteroatoms. The van der Waals surface area contributed by atoms with Crippen LogP contribution >= 0.6 is 0 Å². The van der Waals surface area contributed by atoms with Crippen molar-refractivity contribution in [1.82, 2.24) is 25.0 Å². The average molecular weight is 268 g/mol. The smallest absolute Gasteiger partial charge is 0.165 e. The Bertz CT molecular complexity index is 712. The van der Waals surface area contributed by atoms with E-state index in [-0.39, 0.29) is 0 Å². The van der Waals surface area contributed by atoms with Crippen LogP contribution in [0.4, 0.5) is 5.69 Å². The molecule has 1 aromatic carbocycles. The Morgan fingerprint density at radius 1 is 1.30 bits per heavy atom. The third-order valence-electron chi connectivity index (χ3n) is 3.28. The van der Waals surface area contributed by atoms with E-state index in [0.717, 1.165) is 34.9 Å². The number of hydrogen-bond donors (Lipinski definition) is 2. The van der Waals surface area contributed by atoms with Gasteiger partial charge in [0, 0.05) is 36.1 Å². The number of aryl methyl sites for hydroxylation is 2. The van der Waals surface area contributed by atoms with Crippen LogP contribution in [0.5, 0.6) is 0 Å². The Hall–Kier alpha value is -2.63. The molecule has 0 spiro atoms. The van der Waals surface area contributed by atoms with Crippen molar-refractivity contribution in [3.05, 3.63) is 48.0 Å². The van der Waals surface area contributed by atoms with E-state index in [1.807, 2.05) is 49.0 Å². The van der Waals surface area contributed by atoms with E-state index in [1.165, 1.54) is 0 Å². The quantitative estimate of drug-likeness (QED) is 0.760. The summed E-state index contributed by atoms with van der Waals surface area (Å²) in [6.45, 7) is 2.73. The van der Waals surface area contributed by atoms with Gasteiger partial charge in [-0.1, -0.05) is 12.1 Å². The van der Waals surface area contributed by atoms with Crippen molar-refractivity contribution in [2.45, 2.75) is 13.5 Å². The average Bonchev–Trinajstić information content (AvgIpc) is 3.06. The number of aromatic amines is 1. The Morgan fingerprint density at radius 3 is 2.85 bits per heavy atom. The van der Waals surface area contributed by atoms with Gasteiger partial charge in [0.05, 0.1) is 6.20 Å². The lowest BCUT2D eigenvalue weighted by atomic mass is 10.1. The van der Waals surface area contributed by atoms with E-state index >= 15 is 0 Å². The summed E-state index contributed by atoms with van der Waals surface area (Å²) in [6, 6.07) is 8.08. The van der Waals surface area contributed by atoms with E-state index < -0.39 is 0 Å². The number of rotatable bonds is 4. The third kappa shape index (κ3) is 2.27. The summed E-state index contributed by atoms with van der Waals surface area (Å²) >= 11 is 0. The third-order valence-corrected chi connectivity index (χ3v) is 3.28. The molecule has 2 heterocycles. The summed E-state index contributed by atoms with van der Waals surface area (Å²) in [4.78, 5) is 0. The largest absolute Gasteiger partial charge is 0.380 e. The SMILES string of the molecule is Cc1[nH]ncc1CNc1ccccc1-c1nncn1C. The molecule has 0 fully saturated rings. The van der Waals surface area contributed by atoms with Crippen LogP contribution in [0.15, 0.2) is 36.8 Å². The zero-order chi connectivity index (χ0) is 13.9. The fraction of sp³-hybridized carbons (Fsp3) is 0.214. The number of aromatic nitrogens is 5. The lowest BCUT2D eigenvalue weighted by Crippen LogP contribution is -2.03. The van der Waals surface area contributed by atoms with Crippen LogP contribution in [-0.4, -0.2) is 25.0 Å². The van der Waals surface area contributed by atoms with Gasteiger partial charge in [-0.05, 0) is 19.1 Å². The molecule has 0 saturated carbocycles. The molecule has 0 aliphatic heterocycles. The summed E-state index contributed by atoms with van der Waals surface area (Å²) in [5.41, 5.74) is 4.30. The molecule has 3 rings (SSSR count). The first-order valence-corrected chi connectivity index (χ1v) is 6.42. The van der Waals surface area contributed by atoms with Crippen molar-refractivity contribution < 1.29 is 0 Å². The molecule has 0 saturated heterocycles. The van der Waals surface area contributed by atoms with Crippen molar-refractivity contribution in [3.63, 3.8) is 0 Å². The van der Waals surface area contributed by atoms with Crippen LogP contribution in [-0.2, 0) is 13.6 Å². The van der Waals surface area contributed by atoms with Crippen molar-refractivity contribution in [1.29, 1.82) is 0 Å². The molecule has 0 aliphatic carbocycles. The van der Waals surface area contributed by atoms with Gasteiger partial charge in [-0.25, -0.2) is 0 Å². The van der Waals surface area contributed by atoms with E-state index in [9.17, 15) is 0 Å². The summed E-state index contributed by atoms with van der Waals surface area (Å²) in [6.07, 6.45) is 3.54. The molecule has 20 heavy (non-hydrogen) atoms. The van der Waals surface area contributed by atoms with Gasteiger partial charge < -0.3 is 9.88 Å². The highest BCUT2D eigenvalue weighted by atomic mass is 15.2. The van der Waals surface area contributed by atoms with Crippen LogP contribution in [0.3, 0.4) is 0 Å². The Labute approximate surface area is 116 Å². The van der Waals surface area contributed by atoms with Gasteiger partial charge in [0.25, 0.3) is 0 Å². The van der Waals surface area contributed by atoms with Gasteiger partial charge in [-0.3, -0.25) is 5.10 Å². The Morgan fingerprint density at radius 2 is 2.15 bits per heavy atom. The standard InChI is InChI=1S/C14H16N6/c1-10-11(8-16-18-10)7-15-13-6-4-3-5-12(13)14-19-17-9-20(14)2/h3-6,8-9,15H,7H2,1-2H3,(H,16,18). The van der Waals surface area contributed by atoms with Crippen molar-refractivity contribution >= 4 is 5.69 Å². The van der Waals surface area contributed by atoms with Gasteiger partial charge in [0.1, 0.15) is 6.33 Å². The monoisotopic (exact) mass is 268 g/mol. The lowest BCUT2D eigenvalue weighted by Gasteiger charge is -2.11. The number of H-pyrrole nitrogens is 1. The second-order valence-corrected chi connectivity index (χ2v) is 4.68. The highest BCUT2D eigenvalue weighted by Crippen LogP contribution is 2.26. The molecule has 2 aromatic heterocycles. The molecule has 102 valence electrons. The molecule has 0 radical (unpaired) electrons. The Balaban J connectivity index is 1.87. The van der Waals surface area contributed by atoms with Crippen LogP contribution < -0.4 is 5.32 Å². The van der Waals surface area contributed by atoms with E-state index in [2.05, 4.69) is 25.7 Å². The van der Waals surface area contributed by atoms with E-state index in [4.69, 9.17) is 0 Å². The zero-order valence-corrected chi connectivity index (χ0v) is 11.5. The van der Waals surface area contributed by atoms with E-state index in [0.29, 0.717) is 0 Å². The van der Waals surface area contributed by atoms with Crippen molar-refractivity contribution in [2.75, 3.05) is 5.32 Å². The number of hydrogen-bond acceptors (Lipinski definition) is 4. The molecule has 0 atom stereocenters. The maximum atomic E-state index is 4.16. The molecule has 0 bridgehead atoms. The highest BCUT2D eigenvalue weighted by Gasteiger charge is 2.10. The molecule has 6 nitrogen and oxygen atoms in total. The predicted molar refractivity (Wildman–Crippen MR) is 77.1 cm³/mol. The molecule has 2 N–H and O–H groups in total. The normalized spacial score (nSPS) is 10.7. The number of nitrogens with one attached hydrogen (secondary N) is 2. The summed E-state index contributed by atoms with van der Waals surface area (Å²) in [5, 5.41) is 18.5. The second-order valence-electron chi connectivity index (χ2n) is 4.68. The van der Waals surface area contributed by atoms with Gasteiger partial charge in [-0.2, -0.15) is 5.10 Å². The maximum absolute atomic E-state index is 4.16. The number of nitrogens with zero attached hydrogens (tertiary/aromatic N) is 4. The highest BCUT2D eigenvalue weighted by molar-refractivity contribution is 5.73. The summed E-state index contributed by atoms with van der Waals surface area (Å²) in [5.74, 6) is 0.844. The van der Waals surface area contributed by atoms with E-state index in [1.54, 1.807) is 6.33 Å². The van der Waals surface area contributed by atoms with Crippen LogP contribution in [0.25, 0.3) is 11.4 Å². The first-order valence-electron chi connectivity index (χ1n) is 6.42. The van der Waals surface area contributed by atoms with Crippen LogP contribution in [0, 0.1) is 6.92 Å². The fourth-order valence-corrected chi connectivity index (χ4v) is 2.10. The van der Waals surface area contributed by atoms with Gasteiger partial charge in [0.2, 0.25) is 0 Å². The van der Waals surface area contributed by atoms with Gasteiger partial charge >= 0.3 is 0 Å². The molecule has 0 amide bonds. The van der Waals surface area contributed by atoms with Crippen molar-refractivity contribution in [3.8, 4) is 11.4 Å². The Kier molecular flexibility index (Phi) is 3.20.